The number of aromatic nitrogens is 2. The van der Waals surface area contributed by atoms with Gasteiger partial charge in [0.15, 0.2) is 5.13 Å². The van der Waals surface area contributed by atoms with Gasteiger partial charge in [-0.05, 0) is 52.8 Å². The molecule has 7 heteroatoms. The maximum atomic E-state index is 14.1. The van der Waals surface area contributed by atoms with E-state index in [1.807, 2.05) is 54.8 Å². The highest BCUT2D eigenvalue weighted by molar-refractivity contribution is 7.13. The molecule has 3 aliphatic rings. The number of fused-ring (bicyclic) bond motifs is 1. The standard InChI is InChI=1S/C35H28N4O2S/c1-34(20-35(21-36)28-9-5-3-7-25(28)31(34)26-8-4-6-10-29(26)35)32(40)39-33-38-24(19-42-33)17-22-11-13-23(14-12-22)27-18-37-16-15-30(27)41-2/h3-16,18-19,31H,17,20H2,1-2H3,(H,38,39,40). The molecule has 2 heterocycles. The number of amides is 1. The lowest BCUT2D eigenvalue weighted by Gasteiger charge is -2.54. The summed E-state index contributed by atoms with van der Waals surface area (Å²) in [5.41, 5.74) is 6.47. The van der Waals surface area contributed by atoms with Gasteiger partial charge in [0, 0.05) is 35.7 Å². The van der Waals surface area contributed by atoms with E-state index in [9.17, 15) is 10.1 Å². The SMILES string of the molecule is COc1ccncc1-c1ccc(Cc2csc(NC(=O)C3(C)CC4(C#N)c5ccccc5C3c3ccccc34)n2)cc1. The van der Waals surface area contributed by atoms with Crippen molar-refractivity contribution in [3.63, 3.8) is 0 Å². The predicted molar refractivity (Wildman–Crippen MR) is 164 cm³/mol. The van der Waals surface area contributed by atoms with Gasteiger partial charge in [-0.3, -0.25) is 9.78 Å². The molecule has 42 heavy (non-hydrogen) atoms. The van der Waals surface area contributed by atoms with Gasteiger partial charge in [-0.15, -0.1) is 11.3 Å². The molecule has 2 aromatic heterocycles. The molecule has 2 bridgehead atoms. The van der Waals surface area contributed by atoms with E-state index in [0.29, 0.717) is 18.0 Å². The van der Waals surface area contributed by atoms with Crippen LogP contribution in [0.1, 0.15) is 52.8 Å². The van der Waals surface area contributed by atoms with E-state index in [1.54, 1.807) is 19.5 Å². The van der Waals surface area contributed by atoms with Gasteiger partial charge in [0.2, 0.25) is 5.91 Å². The Bertz CT molecular complexity index is 1830. The molecule has 3 aromatic carbocycles. The number of ether oxygens (including phenoxy) is 1. The summed E-state index contributed by atoms with van der Waals surface area (Å²) in [4.78, 5) is 23.1. The first kappa shape index (κ1) is 26.1. The summed E-state index contributed by atoms with van der Waals surface area (Å²) in [6.45, 7) is 2.00. The summed E-state index contributed by atoms with van der Waals surface area (Å²) < 4.78 is 5.47. The van der Waals surface area contributed by atoms with Crippen LogP contribution in [0.2, 0.25) is 0 Å². The number of hydrogen-bond donors (Lipinski definition) is 1. The monoisotopic (exact) mass is 568 g/mol. The highest BCUT2D eigenvalue weighted by atomic mass is 32.1. The Morgan fingerprint density at radius 2 is 1.74 bits per heavy atom. The number of nitrogens with zero attached hydrogens (tertiary/aromatic N) is 3. The third-order valence-electron chi connectivity index (χ3n) is 8.87. The van der Waals surface area contributed by atoms with E-state index in [2.05, 4.69) is 52.8 Å². The summed E-state index contributed by atoms with van der Waals surface area (Å²) >= 11 is 1.43. The van der Waals surface area contributed by atoms with E-state index < -0.39 is 10.8 Å². The molecule has 0 saturated carbocycles. The fourth-order valence-electron chi connectivity index (χ4n) is 6.96. The molecule has 1 amide bonds. The quantitative estimate of drug-likeness (QED) is 0.236. The minimum atomic E-state index is -0.867. The molecule has 0 fully saturated rings. The Hall–Kier alpha value is -4.80. The van der Waals surface area contributed by atoms with E-state index in [1.165, 1.54) is 11.3 Å². The molecule has 1 N–H and O–H groups in total. The van der Waals surface area contributed by atoms with E-state index >= 15 is 0 Å². The van der Waals surface area contributed by atoms with Crippen molar-refractivity contribution in [3.05, 3.63) is 130 Å². The highest BCUT2D eigenvalue weighted by Gasteiger charge is 2.61. The Kier molecular flexibility index (Phi) is 6.18. The van der Waals surface area contributed by atoms with Crippen molar-refractivity contribution in [2.75, 3.05) is 12.4 Å². The first-order valence-corrected chi connectivity index (χ1v) is 14.8. The summed E-state index contributed by atoms with van der Waals surface area (Å²) in [5.74, 6) is 0.536. The van der Waals surface area contributed by atoms with Crippen LogP contribution in [0.4, 0.5) is 5.13 Å². The predicted octanol–water partition coefficient (Wildman–Crippen LogP) is 7.11. The van der Waals surface area contributed by atoms with Crippen LogP contribution in [-0.2, 0) is 16.6 Å². The second-order valence-electron chi connectivity index (χ2n) is 11.3. The lowest BCUT2D eigenvalue weighted by Crippen LogP contribution is -2.53. The van der Waals surface area contributed by atoms with Crippen molar-refractivity contribution in [2.45, 2.75) is 31.1 Å². The second kappa shape index (κ2) is 9.93. The average molecular weight is 569 g/mol. The van der Waals surface area contributed by atoms with Crippen LogP contribution in [0.25, 0.3) is 11.1 Å². The Morgan fingerprint density at radius 1 is 1.05 bits per heavy atom. The molecule has 5 aromatic rings. The third-order valence-corrected chi connectivity index (χ3v) is 9.67. The largest absolute Gasteiger partial charge is 0.496 e. The molecule has 0 saturated heterocycles. The Balaban J connectivity index is 1.13. The van der Waals surface area contributed by atoms with Gasteiger partial charge in [0.1, 0.15) is 11.2 Å². The summed E-state index contributed by atoms with van der Waals surface area (Å²) in [5, 5.41) is 16.3. The lowest BCUT2D eigenvalue weighted by atomic mass is 9.47. The number of rotatable bonds is 6. The molecule has 206 valence electrons. The van der Waals surface area contributed by atoms with Crippen LogP contribution in [0.15, 0.2) is 96.6 Å². The smallest absolute Gasteiger partial charge is 0.233 e. The highest BCUT2D eigenvalue weighted by Crippen LogP contribution is 2.63. The van der Waals surface area contributed by atoms with Crippen LogP contribution in [0.3, 0.4) is 0 Å². The molecule has 8 rings (SSSR count). The zero-order valence-corrected chi connectivity index (χ0v) is 24.1. The molecule has 1 atom stereocenters. The van der Waals surface area contributed by atoms with E-state index in [-0.39, 0.29) is 11.8 Å². The Labute approximate surface area is 248 Å². The number of nitrogens with one attached hydrogen (secondary N) is 1. The van der Waals surface area contributed by atoms with Crippen molar-refractivity contribution in [2.24, 2.45) is 5.41 Å². The van der Waals surface area contributed by atoms with E-state index in [0.717, 1.165) is 50.4 Å². The third kappa shape index (κ3) is 3.94. The zero-order valence-electron chi connectivity index (χ0n) is 23.3. The van der Waals surface area contributed by atoms with Gasteiger partial charge in [-0.2, -0.15) is 5.26 Å². The maximum absolute atomic E-state index is 14.1. The molecule has 6 nitrogen and oxygen atoms in total. The minimum Gasteiger partial charge on any atom is -0.496 e. The van der Waals surface area contributed by atoms with Gasteiger partial charge in [-0.25, -0.2) is 4.98 Å². The van der Waals surface area contributed by atoms with Gasteiger partial charge in [0.05, 0.1) is 24.3 Å². The van der Waals surface area contributed by atoms with E-state index in [4.69, 9.17) is 9.72 Å². The molecular formula is C35H28N4O2S. The summed E-state index contributed by atoms with van der Waals surface area (Å²) in [6, 6.07) is 29.0. The number of nitriles is 1. The summed E-state index contributed by atoms with van der Waals surface area (Å²) in [7, 11) is 1.66. The molecule has 0 aliphatic heterocycles. The zero-order chi connectivity index (χ0) is 28.9. The van der Waals surface area contributed by atoms with Crippen LogP contribution < -0.4 is 10.1 Å². The normalized spacial score (nSPS) is 21.6. The Morgan fingerprint density at radius 3 is 2.40 bits per heavy atom. The van der Waals surface area contributed by atoms with Crippen molar-refractivity contribution in [3.8, 4) is 22.9 Å². The molecule has 3 aliphatic carbocycles. The second-order valence-corrected chi connectivity index (χ2v) is 12.1. The molecule has 0 spiro atoms. The van der Waals surface area contributed by atoms with Crippen molar-refractivity contribution in [1.82, 2.24) is 9.97 Å². The number of pyridine rings is 1. The van der Waals surface area contributed by atoms with Crippen LogP contribution in [-0.4, -0.2) is 23.0 Å². The number of thiazole rings is 1. The maximum Gasteiger partial charge on any atom is 0.233 e. The van der Waals surface area contributed by atoms with Crippen molar-refractivity contribution >= 4 is 22.4 Å². The number of methoxy groups -OCH3 is 1. The van der Waals surface area contributed by atoms with Crippen LogP contribution >= 0.6 is 11.3 Å². The number of benzene rings is 3. The number of anilines is 1. The topological polar surface area (TPSA) is 87.9 Å². The van der Waals surface area contributed by atoms with Gasteiger partial charge >= 0.3 is 0 Å². The number of carbonyl (C=O) groups excluding carboxylic acids is 1. The van der Waals surface area contributed by atoms with Crippen molar-refractivity contribution in [1.29, 1.82) is 5.26 Å². The van der Waals surface area contributed by atoms with Gasteiger partial charge in [0.25, 0.3) is 0 Å². The van der Waals surface area contributed by atoms with Gasteiger partial charge < -0.3 is 10.1 Å². The molecule has 1 unspecified atom stereocenters. The number of carbonyl (C=O) groups is 1. The first-order chi connectivity index (χ1) is 20.5. The van der Waals surface area contributed by atoms with Crippen LogP contribution in [0, 0.1) is 16.7 Å². The molecule has 0 radical (unpaired) electrons. The van der Waals surface area contributed by atoms with Crippen LogP contribution in [0.5, 0.6) is 5.75 Å². The average Bonchev–Trinajstić information content (AvgIpc) is 3.47. The lowest BCUT2D eigenvalue weighted by molar-refractivity contribution is -0.127. The fourth-order valence-corrected chi connectivity index (χ4v) is 7.67. The summed E-state index contributed by atoms with van der Waals surface area (Å²) in [6.07, 6.45) is 4.59. The fraction of sp³-hybridized carbons (Fsp3) is 0.200. The minimum absolute atomic E-state index is 0.105. The molecular weight excluding hydrogens is 540 g/mol. The van der Waals surface area contributed by atoms with Crippen molar-refractivity contribution < 1.29 is 9.53 Å². The number of hydrogen-bond acceptors (Lipinski definition) is 6. The van der Waals surface area contributed by atoms with Gasteiger partial charge in [-0.1, -0.05) is 72.8 Å². The first-order valence-electron chi connectivity index (χ1n) is 13.9.